The molecule has 1 amide bonds. The predicted octanol–water partition coefficient (Wildman–Crippen LogP) is 1.74. The van der Waals surface area contributed by atoms with Gasteiger partial charge in [0.2, 0.25) is 0 Å². The Morgan fingerprint density at radius 3 is 2.64 bits per heavy atom. The summed E-state index contributed by atoms with van der Waals surface area (Å²) in [6.45, 7) is 2.10. The number of anilines is 1. The van der Waals surface area contributed by atoms with Gasteiger partial charge in [0, 0.05) is 0 Å². The van der Waals surface area contributed by atoms with Crippen LogP contribution >= 0.6 is 0 Å². The van der Waals surface area contributed by atoms with Crippen molar-refractivity contribution in [2.75, 3.05) is 12.4 Å². The maximum atomic E-state index is 13.5. The van der Waals surface area contributed by atoms with E-state index in [1.54, 1.807) is 26.1 Å². The number of nitrogens with one attached hydrogen (secondary N) is 2. The zero-order valence-corrected chi connectivity index (χ0v) is 12.1. The van der Waals surface area contributed by atoms with Gasteiger partial charge in [-0.1, -0.05) is 0 Å². The van der Waals surface area contributed by atoms with Crippen LogP contribution in [0.15, 0.2) is 34.9 Å². The van der Waals surface area contributed by atoms with E-state index in [1.165, 1.54) is 6.26 Å². The molecule has 0 bridgehead atoms. The van der Waals surface area contributed by atoms with Crippen molar-refractivity contribution in [2.45, 2.75) is 19.5 Å². The second-order valence-corrected chi connectivity index (χ2v) is 5.04. The van der Waals surface area contributed by atoms with Gasteiger partial charge in [0.15, 0.2) is 29.3 Å². The number of rotatable bonds is 5. The first-order valence-electron chi connectivity index (χ1n) is 6.69. The van der Waals surface area contributed by atoms with Gasteiger partial charge in [-0.25, -0.2) is 13.2 Å². The largest absolute Gasteiger partial charge is 0.463 e. The summed E-state index contributed by atoms with van der Waals surface area (Å²) in [6, 6.07) is 4.73. The lowest BCUT2D eigenvalue weighted by Gasteiger charge is -2.20. The molecular weight excluding hydrogens is 297 g/mol. The minimum absolute atomic E-state index is 0.387. The number of furan rings is 1. The van der Waals surface area contributed by atoms with Crippen LogP contribution in [-0.2, 0) is 11.3 Å². The van der Waals surface area contributed by atoms with Crippen molar-refractivity contribution < 1.29 is 27.3 Å². The van der Waals surface area contributed by atoms with Gasteiger partial charge in [0.05, 0.1) is 19.0 Å². The Morgan fingerprint density at radius 2 is 2.00 bits per heavy atom. The van der Waals surface area contributed by atoms with E-state index in [9.17, 15) is 18.0 Å². The smallest absolute Gasteiger partial charge is 0.282 e. The summed E-state index contributed by atoms with van der Waals surface area (Å²) in [4.78, 5) is 12.9. The molecule has 0 saturated heterocycles. The van der Waals surface area contributed by atoms with Crippen molar-refractivity contribution in [1.82, 2.24) is 0 Å². The summed E-state index contributed by atoms with van der Waals surface area (Å²) in [5.41, 5.74) is -0.387. The zero-order chi connectivity index (χ0) is 16.3. The van der Waals surface area contributed by atoms with Crippen molar-refractivity contribution in [3.05, 3.63) is 53.7 Å². The number of hydrogen-bond acceptors (Lipinski definition) is 2. The summed E-state index contributed by atoms with van der Waals surface area (Å²) in [7, 11) is 1.77. The van der Waals surface area contributed by atoms with Crippen LogP contribution in [0.25, 0.3) is 0 Å². The van der Waals surface area contributed by atoms with Crippen LogP contribution in [0.4, 0.5) is 18.9 Å². The van der Waals surface area contributed by atoms with Gasteiger partial charge in [-0.2, -0.15) is 0 Å². The molecular formula is C15H16F3N2O2+. The number of hydrogen-bond donors (Lipinski definition) is 2. The summed E-state index contributed by atoms with van der Waals surface area (Å²) in [6.07, 6.45) is 1.53. The molecule has 2 N–H and O–H groups in total. The van der Waals surface area contributed by atoms with Crippen LogP contribution in [0.3, 0.4) is 0 Å². The highest BCUT2D eigenvalue weighted by molar-refractivity contribution is 5.93. The van der Waals surface area contributed by atoms with Crippen LogP contribution in [-0.4, -0.2) is 19.0 Å². The molecule has 2 atom stereocenters. The molecule has 4 nitrogen and oxygen atoms in total. The first-order chi connectivity index (χ1) is 10.4. The fourth-order valence-electron chi connectivity index (χ4n) is 1.93. The number of halogens is 3. The summed E-state index contributed by atoms with van der Waals surface area (Å²) in [5.74, 6) is -4.12. The third-order valence-electron chi connectivity index (χ3n) is 3.46. The van der Waals surface area contributed by atoms with Gasteiger partial charge in [-0.15, -0.1) is 0 Å². The Morgan fingerprint density at radius 1 is 1.27 bits per heavy atom. The molecule has 2 aromatic rings. The molecule has 0 aliphatic carbocycles. The first-order valence-corrected chi connectivity index (χ1v) is 6.69. The van der Waals surface area contributed by atoms with Crippen molar-refractivity contribution in [3.8, 4) is 0 Å². The average Bonchev–Trinajstić information content (AvgIpc) is 2.99. The molecule has 0 aliphatic heterocycles. The third-order valence-corrected chi connectivity index (χ3v) is 3.46. The maximum absolute atomic E-state index is 13.5. The topological polar surface area (TPSA) is 46.7 Å². The summed E-state index contributed by atoms with van der Waals surface area (Å²) >= 11 is 0. The molecule has 1 unspecified atom stereocenters. The first kappa shape index (κ1) is 16.1. The lowest BCUT2D eigenvalue weighted by Crippen LogP contribution is -3.12. The normalized spacial score (nSPS) is 13.7. The minimum Gasteiger partial charge on any atom is -0.463 e. The maximum Gasteiger partial charge on any atom is 0.282 e. The zero-order valence-electron chi connectivity index (χ0n) is 12.1. The van der Waals surface area contributed by atoms with Crippen molar-refractivity contribution in [3.63, 3.8) is 0 Å². The Hall–Kier alpha value is -2.28. The highest BCUT2D eigenvalue weighted by atomic mass is 19.2. The van der Waals surface area contributed by atoms with Crippen LogP contribution in [0.1, 0.15) is 12.7 Å². The van der Waals surface area contributed by atoms with Crippen LogP contribution < -0.4 is 10.2 Å². The van der Waals surface area contributed by atoms with E-state index in [0.717, 1.165) is 17.0 Å². The van der Waals surface area contributed by atoms with Gasteiger partial charge in [0.1, 0.15) is 6.54 Å². The number of carbonyl (C=O) groups excluding carboxylic acids is 1. The third kappa shape index (κ3) is 3.48. The number of benzene rings is 1. The van der Waals surface area contributed by atoms with E-state index in [1.807, 2.05) is 0 Å². The SMILES string of the molecule is C[C@@H](C(=O)Nc1ccc(F)c(F)c1F)[NH+](C)Cc1ccco1. The fourth-order valence-corrected chi connectivity index (χ4v) is 1.93. The molecule has 0 radical (unpaired) electrons. The van der Waals surface area contributed by atoms with Crippen molar-refractivity contribution >= 4 is 11.6 Å². The standard InChI is InChI=1S/C15H15F3N2O2/c1-9(20(2)8-10-4-3-7-22-10)15(21)19-12-6-5-11(16)13(17)14(12)18/h3-7,9H,8H2,1-2H3,(H,19,21)/p+1/t9-/m0/s1. The number of quaternary nitrogens is 1. The molecule has 0 spiro atoms. The molecule has 118 valence electrons. The van der Waals surface area contributed by atoms with E-state index in [2.05, 4.69) is 5.32 Å². The van der Waals surface area contributed by atoms with Gasteiger partial charge in [-0.05, 0) is 31.2 Å². The Balaban J connectivity index is 2.03. The number of likely N-dealkylation sites (N-methyl/N-ethyl adjacent to an activating group) is 1. The number of carbonyl (C=O) groups is 1. The van der Waals surface area contributed by atoms with Gasteiger partial charge < -0.3 is 14.6 Å². The highest BCUT2D eigenvalue weighted by Crippen LogP contribution is 2.19. The van der Waals surface area contributed by atoms with Gasteiger partial charge in [0.25, 0.3) is 5.91 Å². The molecule has 0 fully saturated rings. The quantitative estimate of drug-likeness (QED) is 0.826. The highest BCUT2D eigenvalue weighted by Gasteiger charge is 2.24. The molecule has 0 aliphatic rings. The second kappa shape index (κ2) is 6.65. The Bertz CT molecular complexity index is 659. The lowest BCUT2D eigenvalue weighted by atomic mass is 10.2. The monoisotopic (exact) mass is 313 g/mol. The van der Waals surface area contributed by atoms with E-state index < -0.39 is 29.4 Å². The molecule has 1 heterocycles. The molecule has 2 rings (SSSR count). The van der Waals surface area contributed by atoms with Crippen LogP contribution in [0.5, 0.6) is 0 Å². The molecule has 1 aromatic heterocycles. The molecule has 0 saturated carbocycles. The van der Waals surface area contributed by atoms with E-state index in [-0.39, 0.29) is 5.69 Å². The van der Waals surface area contributed by atoms with Crippen LogP contribution in [0, 0.1) is 17.5 Å². The van der Waals surface area contributed by atoms with E-state index in [4.69, 9.17) is 4.42 Å². The fraction of sp³-hybridized carbons (Fsp3) is 0.267. The summed E-state index contributed by atoms with van der Waals surface area (Å²) in [5, 5.41) is 2.27. The second-order valence-electron chi connectivity index (χ2n) is 5.04. The molecule has 1 aromatic carbocycles. The van der Waals surface area contributed by atoms with Crippen molar-refractivity contribution in [1.29, 1.82) is 0 Å². The Labute approximate surface area is 125 Å². The molecule has 7 heteroatoms. The minimum atomic E-state index is -1.61. The Kier molecular flexibility index (Phi) is 4.87. The van der Waals surface area contributed by atoms with Gasteiger partial charge >= 0.3 is 0 Å². The lowest BCUT2D eigenvalue weighted by molar-refractivity contribution is -0.908. The van der Waals surface area contributed by atoms with Gasteiger partial charge in [-0.3, -0.25) is 4.79 Å². The average molecular weight is 313 g/mol. The van der Waals surface area contributed by atoms with E-state index in [0.29, 0.717) is 12.3 Å². The summed E-state index contributed by atoms with van der Waals surface area (Å²) < 4.78 is 44.7. The predicted molar refractivity (Wildman–Crippen MR) is 73.7 cm³/mol. The van der Waals surface area contributed by atoms with Crippen LogP contribution in [0.2, 0.25) is 0 Å². The molecule has 22 heavy (non-hydrogen) atoms. The van der Waals surface area contributed by atoms with Crippen molar-refractivity contribution in [2.24, 2.45) is 0 Å². The number of amides is 1. The van der Waals surface area contributed by atoms with E-state index >= 15 is 0 Å².